The minimum absolute atomic E-state index is 0.275. The zero-order chi connectivity index (χ0) is 14.8. The van der Waals surface area contributed by atoms with Crippen molar-refractivity contribution < 1.29 is 4.74 Å². The van der Waals surface area contributed by atoms with Crippen LogP contribution in [-0.2, 0) is 0 Å². The van der Waals surface area contributed by atoms with E-state index in [2.05, 4.69) is 44.3 Å². The van der Waals surface area contributed by atoms with E-state index in [-0.39, 0.29) is 6.04 Å². The van der Waals surface area contributed by atoms with Gasteiger partial charge in [-0.2, -0.15) is 5.26 Å². The molecule has 1 unspecified atom stereocenters. The van der Waals surface area contributed by atoms with E-state index in [4.69, 9.17) is 4.74 Å². The third kappa shape index (κ3) is 3.32. The normalized spacial score (nSPS) is 17.6. The van der Waals surface area contributed by atoms with Gasteiger partial charge < -0.3 is 4.74 Å². The van der Waals surface area contributed by atoms with Gasteiger partial charge in [-0.05, 0) is 63.6 Å². The Morgan fingerprint density at radius 2 is 2.10 bits per heavy atom. The van der Waals surface area contributed by atoms with Gasteiger partial charge in [0.25, 0.3) is 0 Å². The number of nitriles is 1. The molecular formula is C17H24N2O. The SMILES string of the molecule is Cc1ccc(C)c(OCC(C#N)(NC(C)C)C2CC2)c1. The molecule has 0 radical (unpaired) electrons. The first-order valence-corrected chi connectivity index (χ1v) is 7.36. The van der Waals surface area contributed by atoms with Gasteiger partial charge in [-0.3, -0.25) is 5.32 Å². The Hall–Kier alpha value is -1.53. The monoisotopic (exact) mass is 272 g/mol. The number of aryl methyl sites for hydroxylation is 2. The second-order valence-corrected chi connectivity index (χ2v) is 6.21. The molecular weight excluding hydrogens is 248 g/mol. The number of hydrogen-bond acceptors (Lipinski definition) is 3. The van der Waals surface area contributed by atoms with Gasteiger partial charge in [-0.25, -0.2) is 0 Å². The summed E-state index contributed by atoms with van der Waals surface area (Å²) in [4.78, 5) is 0. The largest absolute Gasteiger partial charge is 0.490 e. The summed E-state index contributed by atoms with van der Waals surface area (Å²) in [6, 6.07) is 8.93. The summed E-state index contributed by atoms with van der Waals surface area (Å²) in [7, 11) is 0. The van der Waals surface area contributed by atoms with Crippen LogP contribution in [0.5, 0.6) is 5.75 Å². The molecule has 1 saturated carbocycles. The van der Waals surface area contributed by atoms with Crippen LogP contribution in [0.4, 0.5) is 0 Å². The van der Waals surface area contributed by atoms with E-state index in [0.29, 0.717) is 12.5 Å². The molecule has 0 aromatic heterocycles. The predicted octanol–water partition coefficient (Wildman–Crippen LogP) is 3.35. The lowest BCUT2D eigenvalue weighted by atomic mass is 9.95. The van der Waals surface area contributed by atoms with Gasteiger partial charge >= 0.3 is 0 Å². The van der Waals surface area contributed by atoms with Gasteiger partial charge in [-0.15, -0.1) is 0 Å². The van der Waals surface area contributed by atoms with E-state index in [9.17, 15) is 5.26 Å². The van der Waals surface area contributed by atoms with E-state index in [1.165, 1.54) is 5.56 Å². The minimum atomic E-state index is -0.551. The third-order valence-corrected chi connectivity index (χ3v) is 3.82. The molecule has 0 heterocycles. The Morgan fingerprint density at radius 1 is 1.40 bits per heavy atom. The number of nitrogens with one attached hydrogen (secondary N) is 1. The molecule has 1 N–H and O–H groups in total. The van der Waals surface area contributed by atoms with Crippen LogP contribution in [0.3, 0.4) is 0 Å². The molecule has 0 aliphatic heterocycles. The fourth-order valence-corrected chi connectivity index (χ4v) is 2.58. The number of ether oxygens (including phenoxy) is 1. The number of nitrogens with zero attached hydrogens (tertiary/aromatic N) is 1. The minimum Gasteiger partial charge on any atom is -0.490 e. The first-order chi connectivity index (χ1) is 9.47. The van der Waals surface area contributed by atoms with Gasteiger partial charge in [0.05, 0.1) is 6.07 Å². The second-order valence-electron chi connectivity index (χ2n) is 6.21. The number of hydrogen-bond donors (Lipinski definition) is 1. The standard InChI is InChI=1S/C17H24N2O/c1-12(2)19-17(10-18,15-7-8-15)11-20-16-9-13(3)5-6-14(16)4/h5-6,9,12,15,19H,7-8,11H2,1-4H3. The Morgan fingerprint density at radius 3 is 2.65 bits per heavy atom. The van der Waals surface area contributed by atoms with Crippen molar-refractivity contribution in [2.45, 2.75) is 52.1 Å². The van der Waals surface area contributed by atoms with Crippen molar-refractivity contribution >= 4 is 0 Å². The fourth-order valence-electron chi connectivity index (χ4n) is 2.58. The van der Waals surface area contributed by atoms with Crippen LogP contribution in [0.25, 0.3) is 0 Å². The van der Waals surface area contributed by atoms with Gasteiger partial charge in [-0.1, -0.05) is 12.1 Å². The van der Waals surface area contributed by atoms with Crippen molar-refractivity contribution in [3.8, 4) is 11.8 Å². The zero-order valence-electron chi connectivity index (χ0n) is 12.9. The van der Waals surface area contributed by atoms with E-state index in [0.717, 1.165) is 24.2 Å². The molecule has 108 valence electrons. The van der Waals surface area contributed by atoms with Crippen LogP contribution in [0.1, 0.15) is 37.8 Å². The van der Waals surface area contributed by atoms with E-state index >= 15 is 0 Å². The molecule has 1 aliphatic carbocycles. The zero-order valence-corrected chi connectivity index (χ0v) is 12.9. The molecule has 1 aromatic rings. The first-order valence-electron chi connectivity index (χ1n) is 7.36. The van der Waals surface area contributed by atoms with E-state index in [1.807, 2.05) is 13.0 Å². The summed E-state index contributed by atoms with van der Waals surface area (Å²) in [5.74, 6) is 1.30. The van der Waals surface area contributed by atoms with Crippen LogP contribution in [0, 0.1) is 31.1 Å². The maximum atomic E-state index is 9.65. The lowest BCUT2D eigenvalue weighted by molar-refractivity contribution is 0.191. The van der Waals surface area contributed by atoms with Crippen molar-refractivity contribution in [1.82, 2.24) is 5.32 Å². The van der Waals surface area contributed by atoms with Crippen molar-refractivity contribution in [3.05, 3.63) is 29.3 Å². The van der Waals surface area contributed by atoms with Crippen molar-refractivity contribution in [3.63, 3.8) is 0 Å². The molecule has 0 bridgehead atoms. The molecule has 2 rings (SSSR count). The maximum Gasteiger partial charge on any atom is 0.144 e. The van der Waals surface area contributed by atoms with Gasteiger partial charge in [0.2, 0.25) is 0 Å². The van der Waals surface area contributed by atoms with E-state index in [1.54, 1.807) is 0 Å². The summed E-state index contributed by atoms with van der Waals surface area (Å²) in [6.07, 6.45) is 2.23. The van der Waals surface area contributed by atoms with Gasteiger partial charge in [0.1, 0.15) is 17.9 Å². The average Bonchev–Trinajstić information content (AvgIpc) is 3.22. The summed E-state index contributed by atoms with van der Waals surface area (Å²) in [5, 5.41) is 13.1. The maximum absolute atomic E-state index is 9.65. The number of benzene rings is 1. The summed E-state index contributed by atoms with van der Waals surface area (Å²) in [5.41, 5.74) is 1.74. The molecule has 1 atom stereocenters. The van der Waals surface area contributed by atoms with Gasteiger partial charge in [0, 0.05) is 6.04 Å². The van der Waals surface area contributed by atoms with Crippen LogP contribution in [0.2, 0.25) is 0 Å². The van der Waals surface area contributed by atoms with Crippen LogP contribution in [0.15, 0.2) is 18.2 Å². The molecule has 1 fully saturated rings. The molecule has 20 heavy (non-hydrogen) atoms. The van der Waals surface area contributed by atoms with Crippen molar-refractivity contribution in [2.24, 2.45) is 5.92 Å². The quantitative estimate of drug-likeness (QED) is 0.863. The highest BCUT2D eigenvalue weighted by atomic mass is 16.5. The molecule has 3 heteroatoms. The molecule has 3 nitrogen and oxygen atoms in total. The van der Waals surface area contributed by atoms with E-state index < -0.39 is 5.54 Å². The highest BCUT2D eigenvalue weighted by Gasteiger charge is 2.46. The Bertz CT molecular complexity index is 514. The Kier molecular flexibility index (Phi) is 4.35. The van der Waals surface area contributed by atoms with Crippen LogP contribution < -0.4 is 10.1 Å². The molecule has 1 aromatic carbocycles. The molecule has 0 amide bonds. The Labute approximate surface area is 121 Å². The van der Waals surface area contributed by atoms with Crippen molar-refractivity contribution in [2.75, 3.05) is 6.61 Å². The van der Waals surface area contributed by atoms with Gasteiger partial charge in [0.15, 0.2) is 0 Å². The van der Waals surface area contributed by atoms with Crippen LogP contribution >= 0.6 is 0 Å². The fraction of sp³-hybridized carbons (Fsp3) is 0.588. The molecule has 0 saturated heterocycles. The second kappa shape index (κ2) is 5.85. The predicted molar refractivity (Wildman–Crippen MR) is 80.8 cm³/mol. The van der Waals surface area contributed by atoms with Crippen molar-refractivity contribution in [1.29, 1.82) is 5.26 Å². The highest BCUT2D eigenvalue weighted by molar-refractivity contribution is 5.36. The highest BCUT2D eigenvalue weighted by Crippen LogP contribution is 2.40. The average molecular weight is 272 g/mol. The molecule has 1 aliphatic rings. The smallest absolute Gasteiger partial charge is 0.144 e. The third-order valence-electron chi connectivity index (χ3n) is 3.82. The van der Waals surface area contributed by atoms with Crippen LogP contribution in [-0.4, -0.2) is 18.2 Å². The lowest BCUT2D eigenvalue weighted by Gasteiger charge is -2.30. The summed E-state index contributed by atoms with van der Waals surface area (Å²) < 4.78 is 5.99. The lowest BCUT2D eigenvalue weighted by Crippen LogP contribution is -2.53. The Balaban J connectivity index is 2.13. The number of rotatable bonds is 6. The summed E-state index contributed by atoms with van der Waals surface area (Å²) in [6.45, 7) is 8.66. The summed E-state index contributed by atoms with van der Waals surface area (Å²) >= 11 is 0. The topological polar surface area (TPSA) is 45.0 Å². The first kappa shape index (κ1) is 14.9. The molecule has 0 spiro atoms.